The molecule has 1 amide bonds. The fourth-order valence-corrected chi connectivity index (χ4v) is 5.93. The zero-order valence-corrected chi connectivity index (χ0v) is 22.1. The average molecular weight is 512 g/mol. The Labute approximate surface area is 216 Å². The Bertz CT molecular complexity index is 1140. The number of methoxy groups -OCH3 is 1. The van der Waals surface area contributed by atoms with E-state index >= 15 is 0 Å². The van der Waals surface area contributed by atoms with Crippen molar-refractivity contribution in [3.8, 4) is 0 Å². The molecule has 4 rings (SSSR count). The molecule has 0 spiro atoms. The number of ether oxygens (including phenoxy) is 2. The molecule has 0 N–H and O–H groups in total. The van der Waals surface area contributed by atoms with E-state index in [0.29, 0.717) is 37.4 Å². The summed E-state index contributed by atoms with van der Waals surface area (Å²) in [6.07, 6.45) is 2.23. The summed E-state index contributed by atoms with van der Waals surface area (Å²) in [5.41, 5.74) is 3.99. The van der Waals surface area contributed by atoms with E-state index in [1.54, 1.807) is 11.8 Å². The van der Waals surface area contributed by atoms with Crippen LogP contribution >= 0.6 is 11.8 Å². The van der Waals surface area contributed by atoms with Crippen molar-refractivity contribution in [2.45, 2.75) is 52.5 Å². The molecule has 0 aromatic heterocycles. The standard InChI is InChI=1S/C27H33N3O5S/c1-5-21-23(26(33)34-4)24(18-10-7-9-17(3)13-18)30-20(16-36-27(30)28-21)14-22(31)29-12-8-11-19(15-29)25(32)35-6-2/h7,9-10,13,16,19,24H,5-6,8,11-12,14-15H2,1-4H3/t19-,24+/m0/s1. The SMILES string of the molecule is CCOC(=O)[C@H]1CCCN(C(=O)CC2=CSC3=NC(CC)=C(C(=O)OC)[C@@H](c4cccc(C)c4)N23)C1. The lowest BCUT2D eigenvalue weighted by Gasteiger charge is -2.37. The van der Waals surface area contributed by atoms with Crippen molar-refractivity contribution in [3.63, 3.8) is 0 Å². The van der Waals surface area contributed by atoms with Gasteiger partial charge in [0, 0.05) is 18.8 Å². The number of aryl methyl sites for hydroxylation is 1. The van der Waals surface area contributed by atoms with E-state index in [1.807, 2.05) is 42.4 Å². The van der Waals surface area contributed by atoms with Gasteiger partial charge in [0.25, 0.3) is 0 Å². The third kappa shape index (κ3) is 5.21. The summed E-state index contributed by atoms with van der Waals surface area (Å²) in [6.45, 7) is 7.09. The van der Waals surface area contributed by atoms with Gasteiger partial charge < -0.3 is 19.3 Å². The number of hydrogen-bond acceptors (Lipinski definition) is 8. The summed E-state index contributed by atoms with van der Waals surface area (Å²) in [5.74, 6) is -1.000. The minimum absolute atomic E-state index is 0.0509. The number of rotatable bonds is 7. The van der Waals surface area contributed by atoms with Crippen molar-refractivity contribution in [2.75, 3.05) is 26.8 Å². The van der Waals surface area contributed by atoms with E-state index in [9.17, 15) is 14.4 Å². The summed E-state index contributed by atoms with van der Waals surface area (Å²) in [6, 6.07) is 7.59. The van der Waals surface area contributed by atoms with Gasteiger partial charge in [0.1, 0.15) is 0 Å². The summed E-state index contributed by atoms with van der Waals surface area (Å²) < 4.78 is 10.4. The number of likely N-dealkylation sites (tertiary alicyclic amines) is 1. The number of nitrogens with zero attached hydrogens (tertiary/aromatic N) is 3. The molecule has 8 nitrogen and oxygen atoms in total. The fourth-order valence-electron chi connectivity index (χ4n) is 4.99. The van der Waals surface area contributed by atoms with Crippen molar-refractivity contribution in [1.82, 2.24) is 9.80 Å². The molecule has 3 aliphatic heterocycles. The smallest absolute Gasteiger partial charge is 0.338 e. The Morgan fingerprint density at radius 1 is 1.22 bits per heavy atom. The first-order valence-electron chi connectivity index (χ1n) is 12.4. The zero-order chi connectivity index (χ0) is 25.8. The third-order valence-corrected chi connectivity index (χ3v) is 7.60. The third-order valence-electron chi connectivity index (χ3n) is 6.71. The second-order valence-electron chi connectivity index (χ2n) is 9.12. The van der Waals surface area contributed by atoms with Crippen LogP contribution in [0.25, 0.3) is 0 Å². The number of allylic oxidation sites excluding steroid dienone is 1. The fraction of sp³-hybridized carbons (Fsp3) is 0.481. The van der Waals surface area contributed by atoms with Crippen molar-refractivity contribution >= 4 is 34.8 Å². The lowest BCUT2D eigenvalue weighted by molar-refractivity contribution is -0.151. The highest BCUT2D eigenvalue weighted by Crippen LogP contribution is 2.45. The highest BCUT2D eigenvalue weighted by molar-refractivity contribution is 8.16. The number of piperidine rings is 1. The van der Waals surface area contributed by atoms with Gasteiger partial charge in [0.15, 0.2) is 5.17 Å². The van der Waals surface area contributed by atoms with E-state index in [1.165, 1.54) is 18.9 Å². The second-order valence-corrected chi connectivity index (χ2v) is 9.96. The molecule has 1 aromatic carbocycles. The van der Waals surface area contributed by atoms with E-state index in [2.05, 4.69) is 6.07 Å². The van der Waals surface area contributed by atoms with Gasteiger partial charge in [0.2, 0.25) is 5.91 Å². The quantitative estimate of drug-likeness (QED) is 0.504. The van der Waals surface area contributed by atoms with Gasteiger partial charge in [-0.05, 0) is 44.1 Å². The number of esters is 2. The van der Waals surface area contributed by atoms with Crippen LogP contribution in [0.2, 0.25) is 0 Å². The zero-order valence-electron chi connectivity index (χ0n) is 21.3. The summed E-state index contributed by atoms with van der Waals surface area (Å²) in [5, 5.41) is 2.69. The summed E-state index contributed by atoms with van der Waals surface area (Å²) >= 11 is 1.46. The molecular formula is C27H33N3O5S. The Hall–Kier alpha value is -3.07. The van der Waals surface area contributed by atoms with Gasteiger partial charge >= 0.3 is 11.9 Å². The molecule has 0 bridgehead atoms. The molecule has 3 heterocycles. The summed E-state index contributed by atoms with van der Waals surface area (Å²) in [4.78, 5) is 47.2. The molecule has 0 radical (unpaired) electrons. The highest BCUT2D eigenvalue weighted by atomic mass is 32.2. The highest BCUT2D eigenvalue weighted by Gasteiger charge is 2.42. The van der Waals surface area contributed by atoms with Crippen LogP contribution in [0, 0.1) is 12.8 Å². The van der Waals surface area contributed by atoms with Crippen molar-refractivity contribution in [2.24, 2.45) is 10.9 Å². The first kappa shape index (κ1) is 26.0. The molecule has 9 heteroatoms. The van der Waals surface area contributed by atoms with Crippen molar-refractivity contribution < 1.29 is 23.9 Å². The Morgan fingerprint density at radius 2 is 2.03 bits per heavy atom. The monoisotopic (exact) mass is 511 g/mol. The molecule has 2 atom stereocenters. The number of amides is 1. The van der Waals surface area contributed by atoms with Crippen molar-refractivity contribution in [3.05, 3.63) is 57.8 Å². The van der Waals surface area contributed by atoms with Gasteiger partial charge in [-0.2, -0.15) is 0 Å². The molecule has 1 aromatic rings. The van der Waals surface area contributed by atoms with Crippen LogP contribution in [-0.4, -0.2) is 59.6 Å². The molecule has 3 aliphatic rings. The molecule has 1 fully saturated rings. The van der Waals surface area contributed by atoms with Crippen molar-refractivity contribution in [1.29, 1.82) is 0 Å². The van der Waals surface area contributed by atoms with Crippen LogP contribution < -0.4 is 0 Å². The number of hydrogen-bond donors (Lipinski definition) is 0. The molecular weight excluding hydrogens is 478 g/mol. The molecule has 36 heavy (non-hydrogen) atoms. The minimum atomic E-state index is -0.442. The number of thioether (sulfide) groups is 1. The number of carbonyl (C=O) groups excluding carboxylic acids is 3. The predicted octanol–water partition coefficient (Wildman–Crippen LogP) is 4.32. The van der Waals surface area contributed by atoms with E-state index in [-0.39, 0.29) is 24.2 Å². The number of amidine groups is 1. The van der Waals surface area contributed by atoms with Gasteiger partial charge in [0.05, 0.1) is 43.4 Å². The molecule has 192 valence electrons. The van der Waals surface area contributed by atoms with Crippen LogP contribution in [0.1, 0.15) is 56.7 Å². The van der Waals surface area contributed by atoms with E-state index < -0.39 is 12.0 Å². The maximum atomic E-state index is 13.4. The van der Waals surface area contributed by atoms with Gasteiger partial charge in [-0.3, -0.25) is 9.59 Å². The van der Waals surface area contributed by atoms with Gasteiger partial charge in [-0.15, -0.1) is 0 Å². The Morgan fingerprint density at radius 3 is 2.72 bits per heavy atom. The largest absolute Gasteiger partial charge is 0.466 e. The Kier molecular flexibility index (Phi) is 8.18. The van der Waals surface area contributed by atoms with Gasteiger partial charge in [-0.25, -0.2) is 9.79 Å². The molecule has 0 saturated carbocycles. The van der Waals surface area contributed by atoms with Crippen LogP contribution in [-0.2, 0) is 23.9 Å². The first-order valence-corrected chi connectivity index (χ1v) is 13.3. The topological polar surface area (TPSA) is 88.5 Å². The lowest BCUT2D eigenvalue weighted by atomic mass is 9.92. The average Bonchev–Trinajstić information content (AvgIpc) is 3.29. The number of carbonyl (C=O) groups is 3. The van der Waals surface area contributed by atoms with E-state index in [4.69, 9.17) is 14.5 Å². The van der Waals surface area contributed by atoms with E-state index in [0.717, 1.165) is 34.8 Å². The molecule has 0 unspecified atom stereocenters. The van der Waals surface area contributed by atoms with Crippen LogP contribution in [0.3, 0.4) is 0 Å². The van der Waals surface area contributed by atoms with Gasteiger partial charge in [-0.1, -0.05) is 48.5 Å². The maximum absolute atomic E-state index is 13.4. The number of aliphatic imine (C=N–C) groups is 1. The molecule has 1 saturated heterocycles. The van der Waals surface area contributed by atoms with Crippen LogP contribution in [0.15, 0.2) is 51.6 Å². The van der Waals surface area contributed by atoms with Crippen LogP contribution in [0.4, 0.5) is 0 Å². The second kappa shape index (κ2) is 11.3. The normalized spacial score (nSPS) is 21.6. The molecule has 0 aliphatic carbocycles. The predicted molar refractivity (Wildman–Crippen MR) is 139 cm³/mol. The minimum Gasteiger partial charge on any atom is -0.466 e. The Balaban J connectivity index is 1.62. The maximum Gasteiger partial charge on any atom is 0.338 e. The number of fused-ring (bicyclic) bond motifs is 1. The van der Waals surface area contributed by atoms with Crippen LogP contribution in [0.5, 0.6) is 0 Å². The number of benzene rings is 1. The first-order chi connectivity index (χ1) is 17.4. The summed E-state index contributed by atoms with van der Waals surface area (Å²) in [7, 11) is 1.38. The lowest BCUT2D eigenvalue weighted by Crippen LogP contribution is -2.44.